The van der Waals surface area contributed by atoms with E-state index in [0.29, 0.717) is 24.6 Å². The largest absolute Gasteiger partial charge is 0.378 e. The average molecular weight is 664 g/mol. The third-order valence-electron chi connectivity index (χ3n) is 10.5. The molecule has 1 saturated carbocycles. The molecule has 13 nitrogen and oxygen atoms in total. The van der Waals surface area contributed by atoms with Crippen LogP contribution in [-0.2, 0) is 34.3 Å². The number of hydrogen-bond acceptors (Lipinski definition) is 9. The van der Waals surface area contributed by atoms with E-state index < -0.39 is 11.9 Å². The molecule has 2 saturated heterocycles. The smallest absolute Gasteiger partial charge is 0.329 e. The second kappa shape index (κ2) is 12.9. The molecule has 0 radical (unpaired) electrons. The summed E-state index contributed by atoms with van der Waals surface area (Å²) >= 11 is 0. The fourth-order valence-corrected chi connectivity index (χ4v) is 7.60. The second-order valence-electron chi connectivity index (χ2n) is 13.6. The number of amides is 2. The SMILES string of the molecule is Cn1c(=O)n(C2CCC(=O)NC2=O)c2ccc(CCOC3CC(N4CCN(Cc5ccc(-c6c[nH]c7nc(N)ncc67)cc5)CC4)C3)cc21. The standard InChI is InChI=1S/C36H41N9O4/c1-42-31-16-22(4-7-29(31)45(36(42)48)30-8-9-32(46)40-34(30)47)10-15-49-26-17-25(18-26)44-13-11-43(12-14-44)21-23-2-5-24(6-3-23)27-19-38-33-28(27)20-39-35(37)41-33/h2-7,16,19-20,25-26,30H,8-15,17-18,21H2,1H3,(H,40,46,47)(H3,37,38,39,41). The first-order chi connectivity index (χ1) is 23.8. The first kappa shape index (κ1) is 31.4. The van der Waals surface area contributed by atoms with E-state index in [0.717, 1.165) is 85.2 Å². The number of ether oxygens (including phenoxy) is 1. The zero-order chi connectivity index (χ0) is 33.6. The zero-order valence-corrected chi connectivity index (χ0v) is 27.6. The van der Waals surface area contributed by atoms with E-state index in [-0.39, 0.29) is 30.1 Å². The first-order valence-corrected chi connectivity index (χ1v) is 17.1. The molecule has 1 aliphatic carbocycles. The fourth-order valence-electron chi connectivity index (χ4n) is 7.60. The zero-order valence-electron chi connectivity index (χ0n) is 27.6. The molecule has 8 rings (SSSR count). The molecular formula is C36H41N9O4. The van der Waals surface area contributed by atoms with Gasteiger partial charge in [0.15, 0.2) is 0 Å². The first-order valence-electron chi connectivity index (χ1n) is 17.1. The Kier molecular flexibility index (Phi) is 8.26. The van der Waals surface area contributed by atoms with Gasteiger partial charge < -0.3 is 15.5 Å². The van der Waals surface area contributed by atoms with E-state index in [1.807, 2.05) is 24.4 Å². The van der Waals surface area contributed by atoms with E-state index in [4.69, 9.17) is 10.5 Å². The number of carbonyl (C=O) groups excluding carboxylic acids is 2. The van der Waals surface area contributed by atoms with Crippen molar-refractivity contribution in [2.75, 3.05) is 38.5 Å². The van der Waals surface area contributed by atoms with Crippen LogP contribution in [0.25, 0.3) is 33.2 Å². The number of aromatic amines is 1. The van der Waals surface area contributed by atoms with Gasteiger partial charge in [0.05, 0.1) is 23.7 Å². The molecule has 49 heavy (non-hydrogen) atoms. The molecule has 2 aromatic carbocycles. The number of anilines is 1. The summed E-state index contributed by atoms with van der Waals surface area (Å²) in [6.07, 6.45) is 7.45. The molecule has 3 aliphatic rings. The number of imide groups is 1. The molecule has 13 heteroatoms. The number of aryl methyl sites for hydroxylation is 1. The van der Waals surface area contributed by atoms with Crippen molar-refractivity contribution in [3.63, 3.8) is 0 Å². The summed E-state index contributed by atoms with van der Waals surface area (Å²) in [5.74, 6) is -0.447. The number of imidazole rings is 1. The minimum atomic E-state index is -0.676. The van der Waals surface area contributed by atoms with Crippen LogP contribution < -0.4 is 16.7 Å². The van der Waals surface area contributed by atoms with Gasteiger partial charge in [-0.25, -0.2) is 9.78 Å². The Morgan fingerprint density at radius 3 is 2.53 bits per heavy atom. The van der Waals surface area contributed by atoms with E-state index in [1.165, 1.54) is 10.1 Å². The van der Waals surface area contributed by atoms with Crippen LogP contribution in [0.4, 0.5) is 5.95 Å². The van der Waals surface area contributed by atoms with Crippen LogP contribution in [0.1, 0.15) is 42.9 Å². The number of carbonyl (C=O) groups is 2. The van der Waals surface area contributed by atoms with E-state index >= 15 is 0 Å². The minimum Gasteiger partial charge on any atom is -0.378 e. The van der Waals surface area contributed by atoms with Crippen LogP contribution in [0.2, 0.25) is 0 Å². The number of nitrogens with one attached hydrogen (secondary N) is 2. The number of nitrogen functional groups attached to an aromatic ring is 1. The summed E-state index contributed by atoms with van der Waals surface area (Å²) in [5.41, 5.74) is 12.3. The summed E-state index contributed by atoms with van der Waals surface area (Å²) in [4.78, 5) is 53.9. The highest BCUT2D eigenvalue weighted by atomic mass is 16.5. The van der Waals surface area contributed by atoms with Crippen LogP contribution >= 0.6 is 0 Å². The quantitative estimate of drug-likeness (QED) is 0.202. The van der Waals surface area contributed by atoms with Crippen molar-refractivity contribution >= 4 is 39.8 Å². The molecule has 3 fully saturated rings. The van der Waals surface area contributed by atoms with Crippen molar-refractivity contribution in [2.45, 2.75) is 56.8 Å². The van der Waals surface area contributed by atoms with Crippen LogP contribution in [0, 0.1) is 0 Å². The molecule has 1 unspecified atom stereocenters. The highest BCUT2D eigenvalue weighted by Crippen LogP contribution is 2.31. The molecule has 2 aliphatic heterocycles. The van der Waals surface area contributed by atoms with Gasteiger partial charge in [-0.3, -0.25) is 33.8 Å². The van der Waals surface area contributed by atoms with Crippen molar-refractivity contribution < 1.29 is 14.3 Å². The molecule has 3 aromatic heterocycles. The number of hydrogen-bond donors (Lipinski definition) is 3. The van der Waals surface area contributed by atoms with Crippen LogP contribution in [-0.4, -0.2) is 90.6 Å². The van der Waals surface area contributed by atoms with Crippen molar-refractivity contribution in [1.29, 1.82) is 0 Å². The Morgan fingerprint density at radius 2 is 1.76 bits per heavy atom. The van der Waals surface area contributed by atoms with Gasteiger partial charge in [-0.15, -0.1) is 0 Å². The van der Waals surface area contributed by atoms with Crippen molar-refractivity contribution in [3.8, 4) is 11.1 Å². The fraction of sp³-hybridized carbons (Fsp3) is 0.417. The van der Waals surface area contributed by atoms with Crippen LogP contribution in [0.5, 0.6) is 0 Å². The number of aromatic nitrogens is 5. The predicted molar refractivity (Wildman–Crippen MR) is 186 cm³/mol. The molecule has 0 bridgehead atoms. The van der Waals surface area contributed by atoms with Gasteiger partial charge >= 0.3 is 5.69 Å². The summed E-state index contributed by atoms with van der Waals surface area (Å²) in [6, 6.07) is 14.6. The third-order valence-corrected chi connectivity index (χ3v) is 10.5. The lowest BCUT2D eigenvalue weighted by atomic mass is 9.87. The summed E-state index contributed by atoms with van der Waals surface area (Å²) in [6.45, 7) is 5.83. The minimum absolute atomic E-state index is 0.227. The maximum absolute atomic E-state index is 13.0. The van der Waals surface area contributed by atoms with E-state index in [9.17, 15) is 14.4 Å². The molecule has 4 N–H and O–H groups in total. The molecule has 254 valence electrons. The Morgan fingerprint density at radius 1 is 0.980 bits per heavy atom. The van der Waals surface area contributed by atoms with Crippen LogP contribution in [0.3, 0.4) is 0 Å². The molecular weight excluding hydrogens is 622 g/mol. The lowest BCUT2D eigenvalue weighted by molar-refractivity contribution is -0.135. The predicted octanol–water partition coefficient (Wildman–Crippen LogP) is 2.75. The second-order valence-corrected chi connectivity index (χ2v) is 13.6. The Bertz CT molecular complexity index is 2090. The van der Waals surface area contributed by atoms with Gasteiger partial charge in [-0.1, -0.05) is 30.3 Å². The van der Waals surface area contributed by atoms with Gasteiger partial charge in [0.1, 0.15) is 11.7 Å². The topological polar surface area (TPSA) is 156 Å². The number of fused-ring (bicyclic) bond motifs is 2. The number of H-pyrrole nitrogens is 1. The lowest BCUT2D eigenvalue weighted by Gasteiger charge is -2.46. The normalized spacial score (nSPS) is 22.1. The molecule has 2 amide bonds. The van der Waals surface area contributed by atoms with Crippen molar-refractivity contribution in [2.24, 2.45) is 7.05 Å². The van der Waals surface area contributed by atoms with Gasteiger partial charge in [0.2, 0.25) is 17.8 Å². The average Bonchev–Trinajstić information content (AvgIpc) is 3.60. The summed E-state index contributed by atoms with van der Waals surface area (Å²) in [5, 5.41) is 3.33. The third kappa shape index (κ3) is 6.13. The number of piperazine rings is 1. The monoisotopic (exact) mass is 663 g/mol. The summed E-state index contributed by atoms with van der Waals surface area (Å²) in [7, 11) is 1.72. The van der Waals surface area contributed by atoms with Gasteiger partial charge in [-0.2, -0.15) is 4.98 Å². The highest BCUT2D eigenvalue weighted by molar-refractivity contribution is 6.00. The van der Waals surface area contributed by atoms with Crippen molar-refractivity contribution in [1.82, 2.24) is 39.2 Å². The number of rotatable bonds is 9. The van der Waals surface area contributed by atoms with Crippen LogP contribution in [0.15, 0.2) is 59.7 Å². The maximum atomic E-state index is 13.0. The molecule has 0 spiro atoms. The number of benzene rings is 2. The number of nitrogens with zero attached hydrogens (tertiary/aromatic N) is 6. The Labute approximate surface area is 283 Å². The van der Waals surface area contributed by atoms with Gasteiger partial charge in [-0.05, 0) is 54.5 Å². The Balaban J connectivity index is 0.781. The lowest BCUT2D eigenvalue weighted by Crippen LogP contribution is -2.55. The number of piperidine rings is 1. The Hall–Kier alpha value is -4.85. The van der Waals surface area contributed by atoms with Gasteiger partial charge in [0, 0.05) is 75.6 Å². The number of nitrogens with two attached hydrogens (primary N) is 1. The molecule has 1 atom stereocenters. The van der Waals surface area contributed by atoms with Gasteiger partial charge in [0.25, 0.3) is 0 Å². The van der Waals surface area contributed by atoms with E-state index in [2.05, 4.69) is 54.3 Å². The van der Waals surface area contributed by atoms with Crippen molar-refractivity contribution in [3.05, 3.63) is 76.5 Å². The molecule has 5 aromatic rings. The maximum Gasteiger partial charge on any atom is 0.329 e. The molecule has 5 heterocycles. The van der Waals surface area contributed by atoms with E-state index in [1.54, 1.807) is 17.8 Å². The summed E-state index contributed by atoms with van der Waals surface area (Å²) < 4.78 is 9.34. The highest BCUT2D eigenvalue weighted by Gasteiger charge is 2.36.